The SMILES string of the molecule is C=CC(=O)N1CC2C([C@H]1c1nc(-c3ccc(Oc4ccccc4)cc3)c3c(N)nccn13)C2(C)C. The number of ether oxygens (including phenoxy) is 1. The van der Waals surface area contributed by atoms with E-state index in [-0.39, 0.29) is 17.4 Å². The molecule has 1 saturated heterocycles. The van der Waals surface area contributed by atoms with Crippen molar-refractivity contribution in [1.82, 2.24) is 19.3 Å². The number of carbonyl (C=O) groups is 1. The highest BCUT2D eigenvalue weighted by molar-refractivity contribution is 5.89. The molecular weight excluding hydrogens is 438 g/mol. The number of nitrogens with two attached hydrogens (primary N) is 1. The van der Waals surface area contributed by atoms with Crippen LogP contribution >= 0.6 is 0 Å². The normalized spacial score (nSPS) is 22.1. The maximum Gasteiger partial charge on any atom is 0.246 e. The Bertz CT molecular complexity index is 1440. The molecule has 2 N–H and O–H groups in total. The summed E-state index contributed by atoms with van der Waals surface area (Å²) in [6.45, 7) is 8.96. The van der Waals surface area contributed by atoms with Gasteiger partial charge in [0, 0.05) is 24.5 Å². The average Bonchev–Trinajstić information content (AvgIpc) is 3.20. The molecule has 176 valence electrons. The molecule has 3 heterocycles. The zero-order chi connectivity index (χ0) is 24.3. The maximum absolute atomic E-state index is 12.8. The number of anilines is 1. The number of amides is 1. The minimum Gasteiger partial charge on any atom is -0.457 e. The Morgan fingerprint density at radius 3 is 2.57 bits per heavy atom. The highest BCUT2D eigenvalue weighted by Gasteiger charge is 2.68. The predicted molar refractivity (Wildman–Crippen MR) is 135 cm³/mol. The molecule has 2 aromatic heterocycles. The second-order valence-electron chi connectivity index (χ2n) is 9.88. The topological polar surface area (TPSA) is 85.8 Å². The van der Waals surface area contributed by atoms with Crippen LogP contribution in [0, 0.1) is 17.3 Å². The van der Waals surface area contributed by atoms with Crippen molar-refractivity contribution in [2.75, 3.05) is 12.3 Å². The van der Waals surface area contributed by atoms with E-state index < -0.39 is 0 Å². The molecule has 2 aromatic carbocycles. The number of fused-ring (bicyclic) bond motifs is 2. The van der Waals surface area contributed by atoms with Crippen LogP contribution in [0.4, 0.5) is 5.82 Å². The van der Waals surface area contributed by atoms with Crippen LogP contribution in [0.2, 0.25) is 0 Å². The smallest absolute Gasteiger partial charge is 0.246 e. The quantitative estimate of drug-likeness (QED) is 0.414. The summed E-state index contributed by atoms with van der Waals surface area (Å²) >= 11 is 0. The lowest BCUT2D eigenvalue weighted by molar-refractivity contribution is -0.128. The molecule has 3 atom stereocenters. The first-order valence-corrected chi connectivity index (χ1v) is 11.8. The summed E-state index contributed by atoms with van der Waals surface area (Å²) in [5.74, 6) is 3.43. The van der Waals surface area contributed by atoms with Crippen LogP contribution in [0.25, 0.3) is 16.8 Å². The van der Waals surface area contributed by atoms with Crippen molar-refractivity contribution in [2.24, 2.45) is 17.3 Å². The zero-order valence-electron chi connectivity index (χ0n) is 19.8. The number of hydrogen-bond acceptors (Lipinski definition) is 5. The number of likely N-dealkylation sites (tertiary alicyclic amines) is 1. The third-order valence-electron chi connectivity index (χ3n) is 7.65. The molecule has 2 fully saturated rings. The van der Waals surface area contributed by atoms with E-state index in [0.29, 0.717) is 24.2 Å². The van der Waals surface area contributed by atoms with Crippen molar-refractivity contribution in [3.63, 3.8) is 0 Å². The van der Waals surface area contributed by atoms with Gasteiger partial charge in [0.25, 0.3) is 0 Å². The number of carbonyl (C=O) groups excluding carboxylic acids is 1. The van der Waals surface area contributed by atoms with E-state index in [9.17, 15) is 4.79 Å². The van der Waals surface area contributed by atoms with Gasteiger partial charge in [-0.25, -0.2) is 9.97 Å². The van der Waals surface area contributed by atoms with Crippen LogP contribution in [-0.2, 0) is 4.79 Å². The summed E-state index contributed by atoms with van der Waals surface area (Å²) < 4.78 is 7.94. The summed E-state index contributed by atoms with van der Waals surface area (Å²) in [6.07, 6.45) is 4.95. The van der Waals surface area contributed by atoms with Gasteiger partial charge in [-0.05, 0) is 59.7 Å². The largest absolute Gasteiger partial charge is 0.457 e. The van der Waals surface area contributed by atoms with Gasteiger partial charge in [0.1, 0.15) is 34.4 Å². The van der Waals surface area contributed by atoms with Gasteiger partial charge in [0.2, 0.25) is 5.91 Å². The van der Waals surface area contributed by atoms with Crippen LogP contribution in [-0.4, -0.2) is 31.7 Å². The summed E-state index contributed by atoms with van der Waals surface area (Å²) in [5.41, 5.74) is 8.91. The number of piperidine rings is 1. The minimum atomic E-state index is -0.149. The third-order valence-corrected chi connectivity index (χ3v) is 7.65. The van der Waals surface area contributed by atoms with Gasteiger partial charge in [0.05, 0.1) is 6.04 Å². The van der Waals surface area contributed by atoms with Gasteiger partial charge in [0.15, 0.2) is 0 Å². The van der Waals surface area contributed by atoms with Crippen LogP contribution < -0.4 is 10.5 Å². The van der Waals surface area contributed by atoms with Gasteiger partial charge in [-0.15, -0.1) is 0 Å². The molecule has 1 aliphatic heterocycles. The monoisotopic (exact) mass is 465 g/mol. The molecule has 7 nitrogen and oxygen atoms in total. The fourth-order valence-electron chi connectivity index (χ4n) is 5.73. The molecule has 0 spiro atoms. The van der Waals surface area contributed by atoms with Gasteiger partial charge in [-0.2, -0.15) is 0 Å². The van der Waals surface area contributed by atoms with Crippen molar-refractivity contribution < 1.29 is 9.53 Å². The van der Waals surface area contributed by atoms with E-state index in [2.05, 4.69) is 25.4 Å². The van der Waals surface area contributed by atoms with Crippen LogP contribution in [0.15, 0.2) is 79.6 Å². The van der Waals surface area contributed by atoms with Crippen LogP contribution in [0.5, 0.6) is 11.5 Å². The average molecular weight is 466 g/mol. The van der Waals surface area contributed by atoms with E-state index >= 15 is 0 Å². The fourth-order valence-corrected chi connectivity index (χ4v) is 5.73. The molecule has 1 aliphatic carbocycles. The lowest BCUT2D eigenvalue weighted by Gasteiger charge is -2.29. The number of benzene rings is 2. The second-order valence-corrected chi connectivity index (χ2v) is 9.88. The number of imidazole rings is 1. The maximum atomic E-state index is 12.8. The Hall–Kier alpha value is -4.13. The molecule has 2 aliphatic rings. The van der Waals surface area contributed by atoms with E-state index in [1.54, 1.807) is 6.20 Å². The van der Waals surface area contributed by atoms with Gasteiger partial charge in [-0.3, -0.25) is 9.20 Å². The van der Waals surface area contributed by atoms with Crippen molar-refractivity contribution in [3.8, 4) is 22.8 Å². The Balaban J connectivity index is 1.43. The number of nitrogen functional groups attached to an aromatic ring is 1. The molecule has 7 heteroatoms. The zero-order valence-corrected chi connectivity index (χ0v) is 19.8. The molecule has 4 aromatic rings. The van der Waals surface area contributed by atoms with Crippen molar-refractivity contribution in [2.45, 2.75) is 19.9 Å². The molecule has 0 bridgehead atoms. The van der Waals surface area contributed by atoms with Gasteiger partial charge >= 0.3 is 0 Å². The Morgan fingerprint density at radius 1 is 1.14 bits per heavy atom. The number of rotatable bonds is 5. The fraction of sp³-hybridized carbons (Fsp3) is 0.250. The lowest BCUT2D eigenvalue weighted by Crippen LogP contribution is -2.35. The van der Waals surface area contributed by atoms with E-state index in [0.717, 1.165) is 34.1 Å². The number of para-hydroxylation sites is 1. The van der Waals surface area contributed by atoms with Gasteiger partial charge < -0.3 is 15.4 Å². The molecule has 2 unspecified atom stereocenters. The van der Waals surface area contributed by atoms with E-state index in [1.807, 2.05) is 70.1 Å². The summed E-state index contributed by atoms with van der Waals surface area (Å²) in [5, 5.41) is 0. The molecular formula is C28H27N5O2. The minimum absolute atomic E-state index is 0.0688. The number of hydrogen-bond donors (Lipinski definition) is 1. The Kier molecular flexibility index (Phi) is 4.71. The van der Waals surface area contributed by atoms with Crippen LogP contribution in [0.3, 0.4) is 0 Å². The first-order valence-electron chi connectivity index (χ1n) is 11.8. The number of nitrogens with zero attached hydrogens (tertiary/aromatic N) is 4. The predicted octanol–water partition coefficient (Wildman–Crippen LogP) is 5.11. The van der Waals surface area contributed by atoms with Gasteiger partial charge in [-0.1, -0.05) is 38.6 Å². The van der Waals surface area contributed by atoms with E-state index in [4.69, 9.17) is 15.5 Å². The van der Waals surface area contributed by atoms with Crippen LogP contribution in [0.1, 0.15) is 25.7 Å². The Labute approximate surface area is 203 Å². The summed E-state index contributed by atoms with van der Waals surface area (Å²) in [6, 6.07) is 17.3. The summed E-state index contributed by atoms with van der Waals surface area (Å²) in [4.78, 5) is 24.1. The molecule has 1 amide bonds. The van der Waals surface area contributed by atoms with Crippen molar-refractivity contribution in [1.29, 1.82) is 0 Å². The highest BCUT2D eigenvalue weighted by atomic mass is 16.5. The Morgan fingerprint density at radius 2 is 1.86 bits per heavy atom. The standard InChI is InChI=1S/C28H27N5O2/c1-4-21(34)33-16-20-22(28(20,2)3)24(33)27-31-23(25-26(29)30-14-15-32(25)27)17-10-12-19(13-11-17)35-18-8-6-5-7-9-18/h4-15,20,22,24H,1,16H2,2-3H3,(H2,29,30)/t20?,22?,24-/m0/s1. The molecule has 1 saturated carbocycles. The second kappa shape index (κ2) is 7.70. The first kappa shape index (κ1) is 21.4. The molecule has 35 heavy (non-hydrogen) atoms. The van der Waals surface area contributed by atoms with E-state index in [1.165, 1.54) is 6.08 Å². The molecule has 0 radical (unpaired) electrons. The third kappa shape index (κ3) is 3.30. The number of aromatic nitrogens is 3. The van der Waals surface area contributed by atoms with Crippen molar-refractivity contribution in [3.05, 3.63) is 85.5 Å². The first-order chi connectivity index (χ1) is 16.9. The molecule has 6 rings (SSSR count). The van der Waals surface area contributed by atoms with Crippen molar-refractivity contribution >= 4 is 17.2 Å². The lowest BCUT2D eigenvalue weighted by atomic mass is 10.0. The highest BCUT2D eigenvalue weighted by Crippen LogP contribution is 2.69. The summed E-state index contributed by atoms with van der Waals surface area (Å²) in [7, 11) is 0.